The van der Waals surface area contributed by atoms with E-state index in [0.717, 1.165) is 6.42 Å². The number of carbonyl (C=O) groups excluding carboxylic acids is 1. The first-order valence-corrected chi connectivity index (χ1v) is 7.92. The first-order valence-electron chi connectivity index (χ1n) is 7.92. The van der Waals surface area contributed by atoms with Crippen LogP contribution < -0.4 is 0 Å². The molecule has 1 heteroatoms. The van der Waals surface area contributed by atoms with Gasteiger partial charge in [-0.2, -0.15) is 0 Å². The molecule has 3 aliphatic rings. The van der Waals surface area contributed by atoms with Gasteiger partial charge in [-0.05, 0) is 67.6 Å². The molecule has 104 valence electrons. The number of allylic oxidation sites excluding steroid dienone is 2. The van der Waals surface area contributed by atoms with Crippen LogP contribution >= 0.6 is 0 Å². The maximum Gasteiger partial charge on any atom is 0.161 e. The van der Waals surface area contributed by atoms with E-state index >= 15 is 0 Å². The zero-order chi connectivity index (χ0) is 13.9. The molecule has 4 unspecified atom stereocenters. The molecule has 0 saturated heterocycles. The summed E-state index contributed by atoms with van der Waals surface area (Å²) in [6.45, 7) is 4.38. The van der Waals surface area contributed by atoms with Crippen molar-refractivity contribution in [1.29, 1.82) is 0 Å². The Labute approximate surface area is 121 Å². The summed E-state index contributed by atoms with van der Waals surface area (Å²) in [7, 11) is 0. The number of aryl methyl sites for hydroxylation is 2. The average molecular weight is 266 g/mol. The van der Waals surface area contributed by atoms with Crippen LogP contribution in [0.4, 0.5) is 0 Å². The number of fused-ring (bicyclic) bond motifs is 5. The van der Waals surface area contributed by atoms with E-state index in [1.54, 1.807) is 11.1 Å². The monoisotopic (exact) mass is 266 g/mol. The highest BCUT2D eigenvalue weighted by Crippen LogP contribution is 2.57. The molecular weight excluding hydrogens is 244 g/mol. The molecule has 1 saturated carbocycles. The molecule has 1 fully saturated rings. The van der Waals surface area contributed by atoms with Gasteiger partial charge in [0.2, 0.25) is 0 Å². The van der Waals surface area contributed by atoms with E-state index in [4.69, 9.17) is 0 Å². The number of hydrogen-bond donors (Lipinski definition) is 0. The first-order chi connectivity index (χ1) is 9.59. The van der Waals surface area contributed by atoms with Gasteiger partial charge in [-0.3, -0.25) is 4.79 Å². The molecule has 0 spiro atoms. The quantitative estimate of drug-likeness (QED) is 0.688. The Kier molecular flexibility index (Phi) is 2.52. The molecule has 0 radical (unpaired) electrons. The van der Waals surface area contributed by atoms with Crippen molar-refractivity contribution in [2.24, 2.45) is 17.3 Å². The molecule has 20 heavy (non-hydrogen) atoms. The highest BCUT2D eigenvalue weighted by atomic mass is 16.1. The van der Waals surface area contributed by atoms with Crippen LogP contribution in [-0.4, -0.2) is 5.78 Å². The van der Waals surface area contributed by atoms with Gasteiger partial charge in [-0.25, -0.2) is 0 Å². The standard InChI is InChI=1S/C19H22O/c1-12-3-5-14-13(11-12)4-6-16-15(14)9-10-19(2)17(16)7-8-18(19)20/h3,5,7-8,11,15-17H,4,6,9-10H2,1-2H3. The predicted octanol–water partition coefficient (Wildman–Crippen LogP) is 4.20. The number of rotatable bonds is 0. The Morgan fingerprint density at radius 1 is 1.25 bits per heavy atom. The minimum absolute atomic E-state index is 0.0939. The third-order valence-electron chi connectivity index (χ3n) is 6.15. The Hall–Kier alpha value is -1.37. The molecule has 0 aromatic heterocycles. The summed E-state index contributed by atoms with van der Waals surface area (Å²) in [6, 6.07) is 6.98. The molecule has 0 N–H and O–H groups in total. The van der Waals surface area contributed by atoms with Crippen LogP contribution in [0.15, 0.2) is 30.4 Å². The maximum absolute atomic E-state index is 12.2. The number of benzene rings is 1. The second-order valence-corrected chi connectivity index (χ2v) is 7.22. The highest BCUT2D eigenvalue weighted by Gasteiger charge is 2.52. The lowest BCUT2D eigenvalue weighted by atomic mass is 9.55. The summed E-state index contributed by atoms with van der Waals surface area (Å²) in [5.41, 5.74) is 4.41. The third-order valence-corrected chi connectivity index (χ3v) is 6.15. The van der Waals surface area contributed by atoms with Crippen molar-refractivity contribution in [3.8, 4) is 0 Å². The fourth-order valence-electron chi connectivity index (χ4n) is 4.98. The zero-order valence-corrected chi connectivity index (χ0v) is 12.4. The van der Waals surface area contributed by atoms with E-state index in [2.05, 4.69) is 38.1 Å². The predicted molar refractivity (Wildman–Crippen MR) is 80.7 cm³/mol. The van der Waals surface area contributed by atoms with Crippen molar-refractivity contribution in [1.82, 2.24) is 0 Å². The van der Waals surface area contributed by atoms with Crippen LogP contribution in [0.2, 0.25) is 0 Å². The smallest absolute Gasteiger partial charge is 0.161 e. The van der Waals surface area contributed by atoms with Gasteiger partial charge in [0.1, 0.15) is 0 Å². The fourth-order valence-corrected chi connectivity index (χ4v) is 4.98. The van der Waals surface area contributed by atoms with E-state index in [9.17, 15) is 4.79 Å². The molecule has 4 atom stereocenters. The van der Waals surface area contributed by atoms with Crippen LogP contribution in [-0.2, 0) is 11.2 Å². The minimum atomic E-state index is -0.0939. The van der Waals surface area contributed by atoms with Crippen molar-refractivity contribution in [2.75, 3.05) is 0 Å². The SMILES string of the molecule is Cc1ccc2c(c1)CCC1C2CCC2(C)C(=O)C=CC12. The second kappa shape index (κ2) is 4.07. The van der Waals surface area contributed by atoms with Gasteiger partial charge in [0.25, 0.3) is 0 Å². The number of hydrogen-bond acceptors (Lipinski definition) is 1. The summed E-state index contributed by atoms with van der Waals surface area (Å²) in [5.74, 6) is 2.19. The fraction of sp³-hybridized carbons (Fsp3) is 0.526. The molecule has 4 rings (SSSR count). The summed E-state index contributed by atoms with van der Waals surface area (Å²) in [5, 5.41) is 0. The average Bonchev–Trinajstić information content (AvgIpc) is 2.74. The lowest BCUT2D eigenvalue weighted by Crippen LogP contribution is -2.42. The van der Waals surface area contributed by atoms with Crippen LogP contribution in [0.5, 0.6) is 0 Å². The van der Waals surface area contributed by atoms with E-state index in [0.29, 0.717) is 23.5 Å². The molecule has 1 aromatic carbocycles. The maximum atomic E-state index is 12.2. The summed E-state index contributed by atoms with van der Waals surface area (Å²) >= 11 is 0. The van der Waals surface area contributed by atoms with Crippen LogP contribution in [0.25, 0.3) is 0 Å². The van der Waals surface area contributed by atoms with Crippen molar-refractivity contribution in [2.45, 2.75) is 45.4 Å². The molecule has 0 heterocycles. The van der Waals surface area contributed by atoms with Gasteiger partial charge in [0.05, 0.1) is 0 Å². The highest BCUT2D eigenvalue weighted by molar-refractivity contribution is 5.97. The molecule has 0 bridgehead atoms. The Bertz CT molecular complexity index is 612. The van der Waals surface area contributed by atoms with E-state index in [-0.39, 0.29) is 5.41 Å². The van der Waals surface area contributed by atoms with Gasteiger partial charge in [0.15, 0.2) is 5.78 Å². The molecule has 0 amide bonds. The van der Waals surface area contributed by atoms with Crippen molar-refractivity contribution < 1.29 is 4.79 Å². The lowest BCUT2D eigenvalue weighted by molar-refractivity contribution is -0.126. The normalized spacial score (nSPS) is 38.3. The second-order valence-electron chi connectivity index (χ2n) is 7.22. The van der Waals surface area contributed by atoms with Gasteiger partial charge >= 0.3 is 0 Å². The summed E-state index contributed by atoms with van der Waals surface area (Å²) in [4.78, 5) is 12.2. The molecule has 1 aromatic rings. The number of ketones is 1. The van der Waals surface area contributed by atoms with Gasteiger partial charge < -0.3 is 0 Å². The molecule has 3 aliphatic carbocycles. The first kappa shape index (κ1) is 12.4. The molecule has 0 aliphatic heterocycles. The minimum Gasteiger partial charge on any atom is -0.294 e. The molecule has 1 nitrogen and oxygen atoms in total. The Morgan fingerprint density at radius 2 is 2.10 bits per heavy atom. The van der Waals surface area contributed by atoms with Crippen molar-refractivity contribution in [3.05, 3.63) is 47.0 Å². The molecular formula is C19H22O. The Morgan fingerprint density at radius 3 is 2.95 bits per heavy atom. The van der Waals surface area contributed by atoms with Crippen LogP contribution in [0, 0.1) is 24.2 Å². The lowest BCUT2D eigenvalue weighted by Gasteiger charge is -2.48. The number of carbonyl (C=O) groups is 1. The van der Waals surface area contributed by atoms with Gasteiger partial charge in [0, 0.05) is 5.41 Å². The van der Waals surface area contributed by atoms with E-state index < -0.39 is 0 Å². The van der Waals surface area contributed by atoms with Crippen LogP contribution in [0.1, 0.15) is 48.8 Å². The van der Waals surface area contributed by atoms with E-state index in [1.807, 2.05) is 6.08 Å². The van der Waals surface area contributed by atoms with Crippen molar-refractivity contribution in [3.63, 3.8) is 0 Å². The summed E-state index contributed by atoms with van der Waals surface area (Å²) < 4.78 is 0. The van der Waals surface area contributed by atoms with Crippen molar-refractivity contribution >= 4 is 5.78 Å². The Balaban J connectivity index is 1.75. The summed E-state index contributed by atoms with van der Waals surface area (Å²) in [6.07, 6.45) is 8.75. The third kappa shape index (κ3) is 1.52. The van der Waals surface area contributed by atoms with E-state index in [1.165, 1.54) is 24.8 Å². The van der Waals surface area contributed by atoms with Gasteiger partial charge in [-0.1, -0.05) is 36.8 Å². The van der Waals surface area contributed by atoms with Gasteiger partial charge in [-0.15, -0.1) is 0 Å². The topological polar surface area (TPSA) is 17.1 Å². The zero-order valence-electron chi connectivity index (χ0n) is 12.4. The largest absolute Gasteiger partial charge is 0.294 e. The van der Waals surface area contributed by atoms with Crippen LogP contribution in [0.3, 0.4) is 0 Å².